The fourth-order valence-electron chi connectivity index (χ4n) is 3.71. The summed E-state index contributed by atoms with van der Waals surface area (Å²) in [5, 5.41) is 0. The Hall–Kier alpha value is -2.22. The van der Waals surface area contributed by atoms with E-state index in [0.29, 0.717) is 52.0 Å². The number of carbonyl (C=O) groups excluding carboxylic acids is 1. The minimum Gasteiger partial charge on any atom is -0.466 e. The monoisotopic (exact) mass is 430 g/mol. The third kappa shape index (κ3) is 5.90. The summed E-state index contributed by atoms with van der Waals surface area (Å²) in [5.74, 6) is -0.442. The lowest BCUT2D eigenvalue weighted by Crippen LogP contribution is -2.48. The second-order valence-corrected chi connectivity index (χ2v) is 9.42. The zero-order valence-corrected chi connectivity index (χ0v) is 18.3. The molecule has 0 saturated carbocycles. The van der Waals surface area contributed by atoms with Gasteiger partial charge in [-0.1, -0.05) is 60.7 Å². The number of piperidine rings is 1. The minimum absolute atomic E-state index is 0.219. The van der Waals surface area contributed by atoms with Crippen molar-refractivity contribution in [3.05, 3.63) is 71.8 Å². The molecule has 0 aliphatic carbocycles. The summed E-state index contributed by atoms with van der Waals surface area (Å²) >= 11 is 0. The van der Waals surface area contributed by atoms with E-state index in [2.05, 4.69) is 0 Å². The lowest BCUT2D eigenvalue weighted by atomic mass is 9.98. The predicted molar refractivity (Wildman–Crippen MR) is 117 cm³/mol. The van der Waals surface area contributed by atoms with Crippen molar-refractivity contribution in [3.8, 4) is 0 Å². The molecule has 3 rings (SSSR count). The molecule has 162 valence electrons. The van der Waals surface area contributed by atoms with Crippen molar-refractivity contribution in [1.29, 1.82) is 0 Å². The van der Waals surface area contributed by atoms with Crippen molar-refractivity contribution in [2.75, 3.05) is 26.2 Å². The van der Waals surface area contributed by atoms with Crippen LogP contribution in [0.4, 0.5) is 0 Å². The summed E-state index contributed by atoms with van der Waals surface area (Å²) < 4.78 is 35.1. The van der Waals surface area contributed by atoms with Gasteiger partial charge in [-0.2, -0.15) is 17.0 Å². The van der Waals surface area contributed by atoms with Gasteiger partial charge in [0.15, 0.2) is 0 Å². The van der Waals surface area contributed by atoms with E-state index in [0.717, 1.165) is 11.1 Å². The molecule has 0 bridgehead atoms. The van der Waals surface area contributed by atoms with E-state index in [-0.39, 0.29) is 11.9 Å². The molecule has 1 aliphatic heterocycles. The van der Waals surface area contributed by atoms with Crippen molar-refractivity contribution in [2.24, 2.45) is 5.92 Å². The molecule has 6 nitrogen and oxygen atoms in total. The average Bonchev–Trinajstić information content (AvgIpc) is 2.78. The number of hydrogen-bond acceptors (Lipinski definition) is 4. The molecule has 0 N–H and O–H groups in total. The third-order valence-corrected chi connectivity index (χ3v) is 7.40. The van der Waals surface area contributed by atoms with Gasteiger partial charge in [0.1, 0.15) is 0 Å². The van der Waals surface area contributed by atoms with E-state index in [1.165, 1.54) is 4.31 Å². The quantitative estimate of drug-likeness (QED) is 0.573. The molecule has 30 heavy (non-hydrogen) atoms. The van der Waals surface area contributed by atoms with Crippen LogP contribution < -0.4 is 0 Å². The van der Waals surface area contributed by atoms with Crippen LogP contribution in [0.5, 0.6) is 0 Å². The highest BCUT2D eigenvalue weighted by Crippen LogP contribution is 2.24. The summed E-state index contributed by atoms with van der Waals surface area (Å²) in [6.45, 7) is 3.53. The Morgan fingerprint density at radius 2 is 1.57 bits per heavy atom. The Bertz CT molecular complexity index is 895. The molecule has 2 aromatic carbocycles. The second-order valence-electron chi connectivity index (χ2n) is 7.49. The predicted octanol–water partition coefficient (Wildman–Crippen LogP) is 3.25. The first-order chi connectivity index (χ1) is 14.5. The Balaban J connectivity index is 1.71. The lowest BCUT2D eigenvalue weighted by molar-refractivity contribution is -0.149. The maximum atomic E-state index is 13.4. The summed E-state index contributed by atoms with van der Waals surface area (Å²) in [5.41, 5.74) is 2.06. The molecule has 0 amide bonds. The molecular formula is C23H30N2O4S. The topological polar surface area (TPSA) is 66.9 Å². The fourth-order valence-corrected chi connectivity index (χ4v) is 5.34. The normalized spacial score (nSPS) is 15.9. The number of rotatable bonds is 9. The number of nitrogens with zero attached hydrogens (tertiary/aromatic N) is 2. The molecule has 1 heterocycles. The first-order valence-corrected chi connectivity index (χ1v) is 11.9. The fraction of sp³-hybridized carbons (Fsp3) is 0.435. The van der Waals surface area contributed by atoms with Gasteiger partial charge in [-0.05, 0) is 37.3 Å². The van der Waals surface area contributed by atoms with Crippen LogP contribution >= 0.6 is 0 Å². The summed E-state index contributed by atoms with van der Waals surface area (Å²) in [7, 11) is -3.64. The molecule has 0 unspecified atom stereocenters. The number of carbonyl (C=O) groups is 1. The van der Waals surface area contributed by atoms with Crippen LogP contribution in [0.1, 0.15) is 30.9 Å². The first-order valence-electron chi connectivity index (χ1n) is 10.5. The van der Waals surface area contributed by atoms with Gasteiger partial charge in [0.25, 0.3) is 10.2 Å². The van der Waals surface area contributed by atoms with E-state index in [1.807, 2.05) is 60.7 Å². The molecule has 2 aromatic rings. The SMILES string of the molecule is CCOC(=O)C1CCN(S(=O)(=O)N(CCc2ccccc2)Cc2ccccc2)CC1. The van der Waals surface area contributed by atoms with Crippen LogP contribution in [0.15, 0.2) is 60.7 Å². The number of hydrogen-bond donors (Lipinski definition) is 0. The van der Waals surface area contributed by atoms with Crippen LogP contribution in [-0.2, 0) is 32.7 Å². The van der Waals surface area contributed by atoms with E-state index in [4.69, 9.17) is 4.74 Å². The highest BCUT2D eigenvalue weighted by Gasteiger charge is 2.35. The van der Waals surface area contributed by atoms with Gasteiger partial charge in [0, 0.05) is 26.2 Å². The number of benzene rings is 2. The molecule has 1 saturated heterocycles. The smallest absolute Gasteiger partial charge is 0.309 e. The summed E-state index contributed by atoms with van der Waals surface area (Å²) in [6, 6.07) is 19.6. The zero-order chi connectivity index (χ0) is 21.4. The Morgan fingerprint density at radius 1 is 1.00 bits per heavy atom. The zero-order valence-electron chi connectivity index (χ0n) is 17.4. The second kappa shape index (κ2) is 10.7. The average molecular weight is 431 g/mol. The maximum absolute atomic E-state index is 13.4. The first kappa shape index (κ1) is 22.5. The largest absolute Gasteiger partial charge is 0.466 e. The van der Waals surface area contributed by atoms with Crippen molar-refractivity contribution < 1.29 is 17.9 Å². The lowest BCUT2D eigenvalue weighted by Gasteiger charge is -2.34. The van der Waals surface area contributed by atoms with Crippen LogP contribution in [0.3, 0.4) is 0 Å². The molecule has 0 aromatic heterocycles. The molecular weight excluding hydrogens is 400 g/mol. The van der Waals surface area contributed by atoms with Gasteiger partial charge < -0.3 is 4.74 Å². The van der Waals surface area contributed by atoms with Crippen molar-refractivity contribution in [2.45, 2.75) is 32.7 Å². The van der Waals surface area contributed by atoms with Crippen molar-refractivity contribution in [3.63, 3.8) is 0 Å². The van der Waals surface area contributed by atoms with Gasteiger partial charge >= 0.3 is 5.97 Å². The Kier molecular flexibility index (Phi) is 8.01. The minimum atomic E-state index is -3.64. The molecule has 0 spiro atoms. The van der Waals surface area contributed by atoms with Gasteiger partial charge in [-0.25, -0.2) is 0 Å². The van der Waals surface area contributed by atoms with Crippen LogP contribution in [0, 0.1) is 5.92 Å². The Morgan fingerprint density at radius 3 is 2.13 bits per heavy atom. The molecule has 0 atom stereocenters. The summed E-state index contributed by atoms with van der Waals surface area (Å²) in [4.78, 5) is 12.0. The van der Waals surface area contributed by atoms with Gasteiger partial charge in [-0.15, -0.1) is 0 Å². The molecule has 0 radical (unpaired) electrons. The summed E-state index contributed by atoms with van der Waals surface area (Å²) in [6.07, 6.45) is 1.64. The van der Waals surface area contributed by atoms with Gasteiger partial charge in [0.2, 0.25) is 0 Å². The highest BCUT2D eigenvalue weighted by molar-refractivity contribution is 7.86. The third-order valence-electron chi connectivity index (χ3n) is 5.42. The van der Waals surface area contributed by atoms with E-state index in [1.54, 1.807) is 11.2 Å². The van der Waals surface area contributed by atoms with Crippen LogP contribution in [-0.4, -0.2) is 49.2 Å². The standard InChI is InChI=1S/C23H30N2O4S/c1-2-29-23(26)22-14-17-24(18-15-22)30(27,28)25(19-21-11-7-4-8-12-21)16-13-20-9-5-3-6-10-20/h3-12,22H,2,13-19H2,1H3. The highest BCUT2D eigenvalue weighted by atomic mass is 32.2. The van der Waals surface area contributed by atoms with E-state index in [9.17, 15) is 13.2 Å². The van der Waals surface area contributed by atoms with Crippen molar-refractivity contribution in [1.82, 2.24) is 8.61 Å². The van der Waals surface area contributed by atoms with Gasteiger partial charge in [-0.3, -0.25) is 4.79 Å². The molecule has 7 heteroatoms. The Labute approximate surface area is 179 Å². The van der Waals surface area contributed by atoms with E-state index < -0.39 is 10.2 Å². The van der Waals surface area contributed by atoms with Gasteiger partial charge in [0.05, 0.1) is 12.5 Å². The van der Waals surface area contributed by atoms with Crippen LogP contribution in [0.2, 0.25) is 0 Å². The van der Waals surface area contributed by atoms with E-state index >= 15 is 0 Å². The molecule has 1 aliphatic rings. The maximum Gasteiger partial charge on any atom is 0.309 e. The number of esters is 1. The van der Waals surface area contributed by atoms with Crippen LogP contribution in [0.25, 0.3) is 0 Å². The number of ether oxygens (including phenoxy) is 1. The molecule has 1 fully saturated rings. The van der Waals surface area contributed by atoms with Crippen molar-refractivity contribution >= 4 is 16.2 Å².